The zero-order valence-electron chi connectivity index (χ0n) is 20.8. The molecule has 0 amide bonds. The number of aromatic amines is 1. The second-order valence-corrected chi connectivity index (χ2v) is 9.31. The Hall–Kier alpha value is -4.53. The molecule has 1 N–H and O–H groups in total. The molecule has 0 bridgehead atoms. The summed E-state index contributed by atoms with van der Waals surface area (Å²) in [7, 11) is 0. The summed E-state index contributed by atoms with van der Waals surface area (Å²) in [6, 6.07) is 16.6. The fourth-order valence-corrected chi connectivity index (χ4v) is 5.09. The molecule has 3 aromatic carbocycles. The molecule has 0 saturated carbocycles. The number of hydrogen-bond acceptors (Lipinski definition) is 5. The fourth-order valence-electron chi connectivity index (χ4n) is 5.09. The Morgan fingerprint density at radius 3 is 2.71 bits per heavy atom. The van der Waals surface area contributed by atoms with E-state index in [9.17, 15) is 13.6 Å². The van der Waals surface area contributed by atoms with Crippen LogP contribution < -0.4 is 10.5 Å². The second-order valence-electron chi connectivity index (χ2n) is 9.31. The SMILES string of the molecule is CCCc1nc2ccccc2n1Cc1ccc2c(c1)COc1c(ccc(F)c1F)C2=C(C)c1noc(=O)[nH]1. The molecule has 2 aromatic heterocycles. The molecule has 9 heteroatoms. The normalized spacial score (nSPS) is 14.1. The van der Waals surface area contributed by atoms with Gasteiger partial charge in [-0.05, 0) is 65.9 Å². The van der Waals surface area contributed by atoms with Gasteiger partial charge in [-0.3, -0.25) is 9.51 Å². The molecule has 0 aliphatic carbocycles. The molecule has 3 heterocycles. The van der Waals surface area contributed by atoms with Crippen LogP contribution >= 0.6 is 0 Å². The van der Waals surface area contributed by atoms with E-state index in [-0.39, 0.29) is 18.2 Å². The Morgan fingerprint density at radius 1 is 1.11 bits per heavy atom. The molecule has 1 aliphatic rings. The smallest absolute Gasteiger partial charge is 0.439 e. The molecule has 38 heavy (non-hydrogen) atoms. The number of benzene rings is 3. The number of imidazole rings is 1. The number of allylic oxidation sites excluding steroid dienone is 1. The third-order valence-electron chi connectivity index (χ3n) is 6.85. The average Bonchev–Trinajstić information content (AvgIpc) is 3.45. The summed E-state index contributed by atoms with van der Waals surface area (Å²) in [6.45, 7) is 4.50. The van der Waals surface area contributed by atoms with E-state index in [2.05, 4.69) is 27.7 Å². The van der Waals surface area contributed by atoms with Gasteiger partial charge in [0, 0.05) is 24.1 Å². The summed E-state index contributed by atoms with van der Waals surface area (Å²) in [5.74, 6) is -1.75. The molecule has 0 unspecified atom stereocenters. The number of rotatable bonds is 5. The highest BCUT2D eigenvalue weighted by atomic mass is 19.2. The Balaban J connectivity index is 1.50. The number of H-pyrrole nitrogens is 1. The lowest BCUT2D eigenvalue weighted by Crippen LogP contribution is -2.07. The first kappa shape index (κ1) is 23.8. The molecule has 0 radical (unpaired) electrons. The number of halogens is 2. The van der Waals surface area contributed by atoms with Gasteiger partial charge in [0.15, 0.2) is 17.4 Å². The zero-order chi connectivity index (χ0) is 26.4. The van der Waals surface area contributed by atoms with Crippen molar-refractivity contribution in [2.75, 3.05) is 0 Å². The van der Waals surface area contributed by atoms with Crippen LogP contribution in [-0.4, -0.2) is 19.7 Å². The lowest BCUT2D eigenvalue weighted by atomic mass is 9.89. The second kappa shape index (κ2) is 9.41. The van der Waals surface area contributed by atoms with E-state index in [0.717, 1.165) is 52.5 Å². The first-order chi connectivity index (χ1) is 18.4. The Morgan fingerprint density at radius 2 is 1.92 bits per heavy atom. The molecule has 6 rings (SSSR count). The number of para-hydroxylation sites is 2. The number of aryl methyl sites for hydroxylation is 1. The van der Waals surface area contributed by atoms with Gasteiger partial charge in [-0.2, -0.15) is 4.39 Å². The molecular formula is C29H24F2N4O3. The van der Waals surface area contributed by atoms with Gasteiger partial charge < -0.3 is 9.30 Å². The predicted molar refractivity (Wildman–Crippen MR) is 139 cm³/mol. The zero-order valence-corrected chi connectivity index (χ0v) is 20.8. The van der Waals surface area contributed by atoms with Gasteiger partial charge in [0.25, 0.3) is 0 Å². The molecule has 7 nitrogen and oxygen atoms in total. The van der Waals surface area contributed by atoms with Crippen LogP contribution in [0, 0.1) is 11.6 Å². The number of hydrogen-bond donors (Lipinski definition) is 1. The topological polar surface area (TPSA) is 85.9 Å². The van der Waals surface area contributed by atoms with E-state index in [0.29, 0.717) is 23.3 Å². The fraction of sp³-hybridized carbons (Fsp3) is 0.207. The quantitative estimate of drug-likeness (QED) is 0.317. The van der Waals surface area contributed by atoms with E-state index < -0.39 is 17.4 Å². The van der Waals surface area contributed by atoms with Gasteiger partial charge in [-0.1, -0.05) is 36.3 Å². The monoisotopic (exact) mass is 514 g/mol. The summed E-state index contributed by atoms with van der Waals surface area (Å²) in [5, 5.41) is 3.81. The first-order valence-electron chi connectivity index (χ1n) is 12.4. The van der Waals surface area contributed by atoms with Crippen molar-refractivity contribution >= 4 is 22.2 Å². The molecule has 0 atom stereocenters. The van der Waals surface area contributed by atoms with Crippen molar-refractivity contribution in [2.24, 2.45) is 0 Å². The van der Waals surface area contributed by atoms with Crippen molar-refractivity contribution in [3.63, 3.8) is 0 Å². The van der Waals surface area contributed by atoms with E-state index in [4.69, 9.17) is 14.2 Å². The third kappa shape index (κ3) is 4.00. The summed E-state index contributed by atoms with van der Waals surface area (Å²) in [4.78, 5) is 19.0. The maximum atomic E-state index is 14.9. The largest absolute Gasteiger partial charge is 0.485 e. The van der Waals surface area contributed by atoms with Crippen LogP contribution in [0.2, 0.25) is 0 Å². The molecule has 1 aliphatic heterocycles. The standard InChI is InChI=1S/C29H24F2N4O3/c1-3-6-24-32-22-7-4-5-8-23(22)35(24)14-17-9-10-19-18(13-17)15-37-27-20(11-12-21(30)26(27)31)25(19)16(2)28-33-29(36)38-34-28/h4-5,7-13H,3,6,14-15H2,1-2H3,(H,33,34,36). The van der Waals surface area contributed by atoms with Crippen LogP contribution in [0.15, 0.2) is 63.9 Å². The van der Waals surface area contributed by atoms with Crippen LogP contribution in [0.3, 0.4) is 0 Å². The molecule has 0 saturated heterocycles. The van der Waals surface area contributed by atoms with Crippen LogP contribution in [0.1, 0.15) is 54.2 Å². The first-order valence-corrected chi connectivity index (χ1v) is 12.4. The van der Waals surface area contributed by atoms with Crippen molar-refractivity contribution in [3.8, 4) is 5.75 Å². The minimum atomic E-state index is -1.07. The number of nitrogens with zero attached hydrogens (tertiary/aromatic N) is 3. The van der Waals surface area contributed by atoms with Crippen molar-refractivity contribution < 1.29 is 18.0 Å². The minimum absolute atomic E-state index is 0.0369. The number of aromatic nitrogens is 4. The maximum Gasteiger partial charge on any atom is 0.439 e. The van der Waals surface area contributed by atoms with Crippen LogP contribution in [-0.2, 0) is 19.6 Å². The summed E-state index contributed by atoms with van der Waals surface area (Å²) < 4.78 is 41.8. The average molecular weight is 515 g/mol. The van der Waals surface area contributed by atoms with Crippen molar-refractivity contribution in [1.29, 1.82) is 0 Å². The summed E-state index contributed by atoms with van der Waals surface area (Å²) >= 11 is 0. The van der Waals surface area contributed by atoms with E-state index >= 15 is 0 Å². The number of nitrogens with one attached hydrogen (secondary N) is 1. The van der Waals surface area contributed by atoms with E-state index in [1.807, 2.05) is 36.4 Å². The highest BCUT2D eigenvalue weighted by molar-refractivity contribution is 5.99. The van der Waals surface area contributed by atoms with Crippen molar-refractivity contribution in [1.82, 2.24) is 19.7 Å². The maximum absolute atomic E-state index is 14.9. The molecule has 0 fully saturated rings. The molecule has 5 aromatic rings. The van der Waals surface area contributed by atoms with Crippen molar-refractivity contribution in [2.45, 2.75) is 39.8 Å². The van der Waals surface area contributed by atoms with Gasteiger partial charge >= 0.3 is 5.76 Å². The molecule has 0 spiro atoms. The predicted octanol–water partition coefficient (Wildman–Crippen LogP) is 5.86. The highest BCUT2D eigenvalue weighted by Gasteiger charge is 2.27. The van der Waals surface area contributed by atoms with Gasteiger partial charge in [-0.25, -0.2) is 14.2 Å². The Bertz CT molecular complexity index is 1780. The van der Waals surface area contributed by atoms with Crippen molar-refractivity contribution in [3.05, 3.63) is 111 Å². The van der Waals surface area contributed by atoms with Crippen LogP contribution in [0.25, 0.3) is 22.2 Å². The van der Waals surface area contributed by atoms with E-state index in [1.54, 1.807) is 6.92 Å². The molecular weight excluding hydrogens is 490 g/mol. The number of ether oxygens (including phenoxy) is 1. The van der Waals surface area contributed by atoms with E-state index in [1.165, 1.54) is 6.07 Å². The Kier molecular flexibility index (Phi) is 5.90. The van der Waals surface area contributed by atoms with Gasteiger partial charge in [0.05, 0.1) is 11.0 Å². The molecule has 192 valence electrons. The number of fused-ring (bicyclic) bond motifs is 3. The van der Waals surface area contributed by atoms with Crippen LogP contribution in [0.5, 0.6) is 5.75 Å². The third-order valence-corrected chi connectivity index (χ3v) is 6.85. The Labute approximate surface area is 216 Å². The lowest BCUT2D eigenvalue weighted by Gasteiger charge is -2.15. The van der Waals surface area contributed by atoms with Gasteiger partial charge in [0.1, 0.15) is 12.4 Å². The highest BCUT2D eigenvalue weighted by Crippen LogP contribution is 2.42. The summed E-state index contributed by atoms with van der Waals surface area (Å²) in [5.41, 5.74) is 6.04. The van der Waals surface area contributed by atoms with Gasteiger partial charge in [-0.15, -0.1) is 0 Å². The minimum Gasteiger partial charge on any atom is -0.485 e. The lowest BCUT2D eigenvalue weighted by molar-refractivity contribution is 0.285. The van der Waals surface area contributed by atoms with Crippen LogP contribution in [0.4, 0.5) is 8.78 Å². The van der Waals surface area contributed by atoms with Gasteiger partial charge in [0.2, 0.25) is 5.82 Å². The summed E-state index contributed by atoms with van der Waals surface area (Å²) in [6.07, 6.45) is 1.82.